The lowest BCUT2D eigenvalue weighted by Gasteiger charge is -2.50. The second kappa shape index (κ2) is 12.2. The number of aromatic nitrogens is 5. The van der Waals surface area contributed by atoms with Gasteiger partial charge in [-0.3, -0.25) is 14.0 Å². The predicted molar refractivity (Wildman–Crippen MR) is 185 cm³/mol. The zero-order valence-electron chi connectivity index (χ0n) is 28.6. The number of halogens is 2. The van der Waals surface area contributed by atoms with Gasteiger partial charge in [0.05, 0.1) is 16.3 Å². The molecule has 6 rings (SSSR count). The summed E-state index contributed by atoms with van der Waals surface area (Å²) in [5.41, 5.74) is 0.644. The molecular weight excluding hydrogens is 641 g/mol. The van der Waals surface area contributed by atoms with Crippen LogP contribution in [-0.2, 0) is 30.3 Å². The number of aryl methyl sites for hydroxylation is 1. The Bertz CT molecular complexity index is 1890. The molecule has 2 bridgehead atoms. The highest BCUT2D eigenvalue weighted by Crippen LogP contribution is 2.38. The van der Waals surface area contributed by atoms with Crippen LogP contribution < -0.4 is 10.5 Å². The van der Waals surface area contributed by atoms with Crippen LogP contribution in [0.25, 0.3) is 33.1 Å². The van der Waals surface area contributed by atoms with Gasteiger partial charge in [0.15, 0.2) is 5.65 Å². The molecule has 1 aromatic carbocycles. The number of carbonyl (C=O) groups is 1. The molecule has 47 heavy (non-hydrogen) atoms. The normalized spacial score (nSPS) is 18.9. The molecule has 3 aromatic heterocycles. The molecule has 2 aliphatic heterocycles. The molecular formula is C33H45ClFN7O4Si. The van der Waals surface area contributed by atoms with Crippen LogP contribution in [0.15, 0.2) is 23.1 Å². The van der Waals surface area contributed by atoms with E-state index in [9.17, 15) is 9.59 Å². The van der Waals surface area contributed by atoms with E-state index in [2.05, 4.69) is 29.6 Å². The summed E-state index contributed by atoms with van der Waals surface area (Å²) in [6.45, 7) is 14.2. The van der Waals surface area contributed by atoms with Crippen molar-refractivity contribution in [3.8, 4) is 11.1 Å². The lowest BCUT2D eigenvalue weighted by atomic mass is 9.91. The van der Waals surface area contributed by atoms with Crippen LogP contribution >= 0.6 is 11.6 Å². The summed E-state index contributed by atoms with van der Waals surface area (Å²) in [5.74, 6) is -0.0153. The number of hydrogen-bond acceptors (Lipinski definition) is 7. The van der Waals surface area contributed by atoms with Crippen molar-refractivity contribution in [1.82, 2.24) is 28.8 Å². The quantitative estimate of drug-likeness (QED) is 0.165. The first-order chi connectivity index (χ1) is 22.0. The Morgan fingerprint density at radius 1 is 1.09 bits per heavy atom. The van der Waals surface area contributed by atoms with Gasteiger partial charge >= 0.3 is 6.09 Å². The molecule has 4 aromatic rings. The lowest BCUT2D eigenvalue weighted by Crippen LogP contribution is -2.63. The van der Waals surface area contributed by atoms with Crippen LogP contribution in [0.1, 0.15) is 40.0 Å². The highest BCUT2D eigenvalue weighted by molar-refractivity contribution is 6.76. The van der Waals surface area contributed by atoms with E-state index in [1.54, 1.807) is 46.5 Å². The second-order valence-corrected chi connectivity index (χ2v) is 21.1. The molecule has 0 saturated carbocycles. The van der Waals surface area contributed by atoms with Gasteiger partial charge in [-0.05, 0) is 58.2 Å². The summed E-state index contributed by atoms with van der Waals surface area (Å²) < 4.78 is 32.8. The predicted octanol–water partition coefficient (Wildman–Crippen LogP) is 6.37. The molecule has 5 heterocycles. The van der Waals surface area contributed by atoms with Crippen LogP contribution in [0.4, 0.5) is 15.1 Å². The fourth-order valence-electron chi connectivity index (χ4n) is 6.71. The monoisotopic (exact) mass is 685 g/mol. The van der Waals surface area contributed by atoms with E-state index in [-0.39, 0.29) is 46.6 Å². The number of amides is 1. The van der Waals surface area contributed by atoms with Crippen LogP contribution in [-0.4, -0.2) is 80.3 Å². The minimum atomic E-state index is -1.34. The Morgan fingerprint density at radius 2 is 1.77 bits per heavy atom. The fourth-order valence-corrected chi connectivity index (χ4v) is 7.68. The number of piperidine rings is 1. The van der Waals surface area contributed by atoms with Crippen LogP contribution in [0, 0.1) is 5.82 Å². The highest BCUT2D eigenvalue weighted by Gasteiger charge is 2.42. The molecule has 0 aliphatic carbocycles. The number of fused-ring (bicyclic) bond motifs is 4. The maximum absolute atomic E-state index is 16.2. The van der Waals surface area contributed by atoms with Crippen molar-refractivity contribution in [1.29, 1.82) is 0 Å². The lowest BCUT2D eigenvalue weighted by molar-refractivity contribution is 0.0153. The first-order valence-corrected chi connectivity index (χ1v) is 20.4. The van der Waals surface area contributed by atoms with E-state index in [0.29, 0.717) is 47.8 Å². The average Bonchev–Trinajstić information content (AvgIpc) is 3.47. The van der Waals surface area contributed by atoms with Crippen molar-refractivity contribution in [3.63, 3.8) is 0 Å². The van der Waals surface area contributed by atoms with Crippen LogP contribution in [0.2, 0.25) is 30.8 Å². The fraction of sp³-hybridized carbons (Fsp3) is 0.576. The minimum Gasteiger partial charge on any atom is -0.444 e. The maximum atomic E-state index is 16.2. The summed E-state index contributed by atoms with van der Waals surface area (Å²) >= 11 is 6.44. The molecule has 0 spiro atoms. The minimum absolute atomic E-state index is 0.0333. The van der Waals surface area contributed by atoms with E-state index < -0.39 is 19.5 Å². The van der Waals surface area contributed by atoms with Crippen molar-refractivity contribution >= 4 is 53.7 Å². The number of carbonyl (C=O) groups excluding carboxylic acids is 1. The number of likely N-dealkylation sites (tertiary alicyclic amines) is 1. The van der Waals surface area contributed by atoms with E-state index in [4.69, 9.17) is 26.1 Å². The molecule has 2 saturated heterocycles. The number of piperazine rings is 1. The van der Waals surface area contributed by atoms with E-state index in [1.165, 1.54) is 4.68 Å². The topological polar surface area (TPSA) is 99.7 Å². The van der Waals surface area contributed by atoms with Gasteiger partial charge in [0, 0.05) is 71.3 Å². The number of rotatable bonds is 7. The first kappa shape index (κ1) is 33.5. The molecule has 2 aliphatic rings. The third-order valence-corrected chi connectivity index (χ3v) is 11.2. The zero-order valence-corrected chi connectivity index (χ0v) is 30.3. The van der Waals surface area contributed by atoms with Crippen molar-refractivity contribution < 1.29 is 18.7 Å². The molecule has 11 nitrogen and oxygen atoms in total. The van der Waals surface area contributed by atoms with Crippen molar-refractivity contribution in [2.24, 2.45) is 14.1 Å². The molecule has 0 N–H and O–H groups in total. The summed E-state index contributed by atoms with van der Waals surface area (Å²) in [4.78, 5) is 36.5. The van der Waals surface area contributed by atoms with E-state index in [0.717, 1.165) is 25.3 Å². The molecule has 2 fully saturated rings. The van der Waals surface area contributed by atoms with Gasteiger partial charge in [-0.25, -0.2) is 9.18 Å². The van der Waals surface area contributed by atoms with Crippen LogP contribution in [0.3, 0.4) is 0 Å². The number of anilines is 1. The molecule has 2 unspecified atom stereocenters. The third-order valence-electron chi connectivity index (χ3n) is 9.07. The molecule has 1 amide bonds. The first-order valence-electron chi connectivity index (χ1n) is 16.3. The summed E-state index contributed by atoms with van der Waals surface area (Å²) in [6, 6.07) is 4.27. The summed E-state index contributed by atoms with van der Waals surface area (Å²) in [6.07, 6.45) is 4.16. The van der Waals surface area contributed by atoms with E-state index >= 15 is 4.39 Å². The number of benzene rings is 1. The van der Waals surface area contributed by atoms with Crippen molar-refractivity contribution in [3.05, 3.63) is 39.7 Å². The smallest absolute Gasteiger partial charge is 0.410 e. The summed E-state index contributed by atoms with van der Waals surface area (Å²) in [7, 11) is 2.03. The largest absolute Gasteiger partial charge is 0.444 e. The average molecular weight is 686 g/mol. The second-order valence-electron chi connectivity index (χ2n) is 15.1. The van der Waals surface area contributed by atoms with Gasteiger partial charge in [-0.1, -0.05) is 31.2 Å². The summed E-state index contributed by atoms with van der Waals surface area (Å²) in [5, 5.41) is 5.00. The Labute approximate surface area is 280 Å². The Balaban J connectivity index is 1.45. The van der Waals surface area contributed by atoms with Gasteiger partial charge in [-0.2, -0.15) is 10.1 Å². The van der Waals surface area contributed by atoms with Gasteiger partial charge < -0.3 is 23.8 Å². The standard InChI is InChI=1S/C33H45ClFN7O4Si/c1-33(2,3)46-32(44)40-16-20-10-9-11-21(17-40)42(20)31-36-29-25(30(43)38(31)4)23(18-41(29)19-45-14-15-47(6,7)8)22-12-13-24-26(27(22)35)28(34)39(5)37-24/h12-13,18,20-21H,9-11,14-17,19H2,1-8H3. The zero-order chi connectivity index (χ0) is 34.0. The SMILES string of the molecule is Cn1nc2ccc(-c3cn(COCC[Si](C)(C)C)c4nc(N5C6CCCC5CN(C(=O)OC(C)(C)C)C6)n(C)c(=O)c34)c(F)c2c1Cl. The Kier molecular flexibility index (Phi) is 8.71. The maximum Gasteiger partial charge on any atom is 0.410 e. The number of nitrogens with zero attached hydrogens (tertiary/aromatic N) is 7. The number of ether oxygens (including phenoxy) is 2. The Morgan fingerprint density at radius 3 is 2.40 bits per heavy atom. The molecule has 14 heteroatoms. The highest BCUT2D eigenvalue weighted by atomic mass is 35.5. The van der Waals surface area contributed by atoms with Gasteiger partial charge in [0.1, 0.15) is 23.3 Å². The van der Waals surface area contributed by atoms with E-state index in [1.807, 2.05) is 20.8 Å². The van der Waals surface area contributed by atoms with Gasteiger partial charge in [0.25, 0.3) is 5.56 Å². The van der Waals surface area contributed by atoms with Crippen molar-refractivity contribution in [2.45, 2.75) is 90.1 Å². The number of hydrogen-bond donors (Lipinski definition) is 0. The molecule has 0 radical (unpaired) electrons. The third kappa shape index (κ3) is 6.41. The molecule has 2 atom stereocenters. The van der Waals surface area contributed by atoms with Gasteiger partial charge in [0.2, 0.25) is 5.95 Å². The molecule has 254 valence electrons. The van der Waals surface area contributed by atoms with Crippen molar-refractivity contribution in [2.75, 3.05) is 24.6 Å². The van der Waals surface area contributed by atoms with Gasteiger partial charge in [-0.15, -0.1) is 0 Å². The Hall–Kier alpha value is -3.42. The van der Waals surface area contributed by atoms with Crippen LogP contribution in [0.5, 0.6) is 0 Å².